The molecule has 0 spiro atoms. The summed E-state index contributed by atoms with van der Waals surface area (Å²) in [6.07, 6.45) is 4.59. The zero-order valence-electron chi connectivity index (χ0n) is 15.4. The number of nitrogens with zero attached hydrogens (tertiary/aromatic N) is 4. The van der Waals surface area contributed by atoms with Crippen molar-refractivity contribution in [3.05, 3.63) is 70.1 Å². The fourth-order valence-electron chi connectivity index (χ4n) is 3.47. The number of aromatic nitrogens is 2. The Kier molecular flexibility index (Phi) is 5.27. The van der Waals surface area contributed by atoms with Crippen LogP contribution in [0.25, 0.3) is 5.65 Å². The summed E-state index contributed by atoms with van der Waals surface area (Å²) in [7, 11) is 0. The van der Waals surface area contributed by atoms with Crippen LogP contribution in [0.15, 0.2) is 53.3 Å². The summed E-state index contributed by atoms with van der Waals surface area (Å²) in [4.78, 5) is 21.6. The summed E-state index contributed by atoms with van der Waals surface area (Å²) in [6, 6.07) is 12.2. The summed E-state index contributed by atoms with van der Waals surface area (Å²) in [6.45, 7) is 6.22. The zero-order valence-corrected chi connectivity index (χ0v) is 17.0. The smallest absolute Gasteiger partial charge is 0.227 e. The summed E-state index contributed by atoms with van der Waals surface area (Å²) < 4.78 is 3.08. The zero-order chi connectivity index (χ0) is 18.8. The minimum atomic E-state index is 0.219. The molecule has 0 bridgehead atoms. The molecule has 1 aromatic carbocycles. The molecular formula is C21H23BrN4O. The third-order valence-electron chi connectivity index (χ3n) is 5.05. The van der Waals surface area contributed by atoms with Gasteiger partial charge in [-0.1, -0.05) is 29.8 Å². The minimum absolute atomic E-state index is 0.219. The Morgan fingerprint density at radius 2 is 1.78 bits per heavy atom. The van der Waals surface area contributed by atoms with Crippen LogP contribution in [0.5, 0.6) is 0 Å². The Balaban J connectivity index is 1.31. The van der Waals surface area contributed by atoms with Gasteiger partial charge in [-0.3, -0.25) is 9.69 Å². The monoisotopic (exact) mass is 426 g/mol. The predicted octanol–water partition coefficient (Wildman–Crippen LogP) is 3.29. The number of fused-ring (bicyclic) bond motifs is 1. The number of benzene rings is 1. The van der Waals surface area contributed by atoms with E-state index in [0.717, 1.165) is 54.1 Å². The summed E-state index contributed by atoms with van der Waals surface area (Å²) >= 11 is 3.49. The van der Waals surface area contributed by atoms with Crippen molar-refractivity contribution >= 4 is 27.5 Å². The van der Waals surface area contributed by atoms with E-state index < -0.39 is 0 Å². The van der Waals surface area contributed by atoms with Crippen LogP contribution >= 0.6 is 15.9 Å². The first-order valence-electron chi connectivity index (χ1n) is 9.26. The van der Waals surface area contributed by atoms with Crippen molar-refractivity contribution in [3.8, 4) is 0 Å². The van der Waals surface area contributed by atoms with E-state index in [1.807, 2.05) is 39.8 Å². The van der Waals surface area contributed by atoms with E-state index >= 15 is 0 Å². The van der Waals surface area contributed by atoms with Crippen molar-refractivity contribution in [1.29, 1.82) is 0 Å². The Hall–Kier alpha value is -2.18. The number of carbonyl (C=O) groups is 1. The van der Waals surface area contributed by atoms with Crippen LogP contribution in [0, 0.1) is 6.92 Å². The van der Waals surface area contributed by atoms with Gasteiger partial charge in [0.2, 0.25) is 5.91 Å². The number of amides is 1. The SMILES string of the molecule is Cc1ccc(CC(=O)N2CCN(Cc3cn4cc(Br)ccc4n3)CC2)cc1. The van der Waals surface area contributed by atoms with Crippen LogP contribution in [-0.4, -0.2) is 51.3 Å². The van der Waals surface area contributed by atoms with Crippen molar-refractivity contribution in [3.63, 3.8) is 0 Å². The number of aryl methyl sites for hydroxylation is 1. The van der Waals surface area contributed by atoms with Gasteiger partial charge in [0.05, 0.1) is 12.1 Å². The van der Waals surface area contributed by atoms with E-state index in [9.17, 15) is 4.79 Å². The van der Waals surface area contributed by atoms with Gasteiger partial charge < -0.3 is 9.30 Å². The maximum atomic E-state index is 12.6. The largest absolute Gasteiger partial charge is 0.340 e. The molecule has 0 radical (unpaired) electrons. The maximum Gasteiger partial charge on any atom is 0.227 e. The van der Waals surface area contributed by atoms with Crippen LogP contribution in [0.4, 0.5) is 0 Å². The number of carbonyl (C=O) groups excluding carboxylic acids is 1. The highest BCUT2D eigenvalue weighted by Gasteiger charge is 2.21. The molecule has 0 atom stereocenters. The van der Waals surface area contributed by atoms with Crippen LogP contribution < -0.4 is 0 Å². The van der Waals surface area contributed by atoms with Gasteiger partial charge >= 0.3 is 0 Å². The highest BCUT2D eigenvalue weighted by atomic mass is 79.9. The first-order valence-corrected chi connectivity index (χ1v) is 10.0. The molecule has 6 heteroatoms. The van der Waals surface area contributed by atoms with Crippen molar-refractivity contribution in [2.24, 2.45) is 0 Å². The molecule has 1 amide bonds. The van der Waals surface area contributed by atoms with Crippen molar-refractivity contribution in [2.45, 2.75) is 19.9 Å². The molecular weight excluding hydrogens is 404 g/mol. The molecule has 1 fully saturated rings. The Labute approximate surface area is 167 Å². The molecule has 140 valence electrons. The highest BCUT2D eigenvalue weighted by molar-refractivity contribution is 9.10. The lowest BCUT2D eigenvalue weighted by molar-refractivity contribution is -0.132. The fourth-order valence-corrected chi connectivity index (χ4v) is 3.82. The van der Waals surface area contributed by atoms with Gasteiger partial charge in [-0.2, -0.15) is 0 Å². The number of halogens is 1. The third kappa shape index (κ3) is 4.39. The molecule has 0 aliphatic carbocycles. The first kappa shape index (κ1) is 18.2. The highest BCUT2D eigenvalue weighted by Crippen LogP contribution is 2.15. The van der Waals surface area contributed by atoms with Gasteiger partial charge in [0.25, 0.3) is 0 Å². The van der Waals surface area contributed by atoms with Gasteiger partial charge in [-0.05, 0) is 40.5 Å². The number of rotatable bonds is 4. The molecule has 4 rings (SSSR count). The predicted molar refractivity (Wildman–Crippen MR) is 110 cm³/mol. The Morgan fingerprint density at radius 1 is 1.04 bits per heavy atom. The van der Waals surface area contributed by atoms with E-state index in [0.29, 0.717) is 6.42 Å². The van der Waals surface area contributed by atoms with Crippen molar-refractivity contribution in [1.82, 2.24) is 19.2 Å². The van der Waals surface area contributed by atoms with E-state index in [1.165, 1.54) is 5.56 Å². The minimum Gasteiger partial charge on any atom is -0.340 e. The average molecular weight is 427 g/mol. The Morgan fingerprint density at radius 3 is 2.52 bits per heavy atom. The van der Waals surface area contributed by atoms with Gasteiger partial charge in [-0.15, -0.1) is 0 Å². The molecule has 2 aromatic heterocycles. The number of imidazole rings is 1. The molecule has 0 saturated carbocycles. The second kappa shape index (κ2) is 7.82. The molecule has 3 aromatic rings. The number of pyridine rings is 1. The van der Waals surface area contributed by atoms with Gasteiger partial charge in [-0.25, -0.2) is 4.98 Å². The quantitative estimate of drug-likeness (QED) is 0.642. The fraction of sp³-hybridized carbons (Fsp3) is 0.333. The van der Waals surface area contributed by atoms with Crippen LogP contribution in [0.1, 0.15) is 16.8 Å². The summed E-state index contributed by atoms with van der Waals surface area (Å²) in [5.41, 5.74) is 4.33. The van der Waals surface area contributed by atoms with Crippen molar-refractivity contribution < 1.29 is 4.79 Å². The van der Waals surface area contributed by atoms with Crippen LogP contribution in [0.3, 0.4) is 0 Å². The average Bonchev–Trinajstić information content (AvgIpc) is 3.05. The van der Waals surface area contributed by atoms with E-state index in [2.05, 4.69) is 51.1 Å². The number of hydrogen-bond donors (Lipinski definition) is 0. The maximum absolute atomic E-state index is 12.6. The first-order chi connectivity index (χ1) is 13.1. The Bertz CT molecular complexity index is 942. The van der Waals surface area contributed by atoms with Crippen LogP contribution in [0.2, 0.25) is 0 Å². The summed E-state index contributed by atoms with van der Waals surface area (Å²) in [5, 5.41) is 0. The number of piperazine rings is 1. The standard InChI is InChI=1S/C21H23BrN4O/c1-16-2-4-17(5-3-16)12-21(27)25-10-8-24(9-11-25)14-19-15-26-13-18(22)6-7-20(26)23-19/h2-7,13,15H,8-12,14H2,1H3. The number of hydrogen-bond acceptors (Lipinski definition) is 3. The second-order valence-corrected chi connectivity index (χ2v) is 8.08. The molecule has 5 nitrogen and oxygen atoms in total. The molecule has 0 N–H and O–H groups in total. The third-order valence-corrected chi connectivity index (χ3v) is 5.52. The van der Waals surface area contributed by atoms with Crippen LogP contribution in [-0.2, 0) is 17.8 Å². The molecule has 1 aliphatic rings. The molecule has 3 heterocycles. The van der Waals surface area contributed by atoms with Crippen molar-refractivity contribution in [2.75, 3.05) is 26.2 Å². The second-order valence-electron chi connectivity index (χ2n) is 7.16. The van der Waals surface area contributed by atoms with Gasteiger partial charge in [0.15, 0.2) is 0 Å². The lowest BCUT2D eigenvalue weighted by atomic mass is 10.1. The van der Waals surface area contributed by atoms with E-state index in [-0.39, 0.29) is 5.91 Å². The summed E-state index contributed by atoms with van der Waals surface area (Å²) in [5.74, 6) is 0.219. The lowest BCUT2D eigenvalue weighted by Gasteiger charge is -2.34. The van der Waals surface area contributed by atoms with E-state index in [1.54, 1.807) is 0 Å². The lowest BCUT2D eigenvalue weighted by Crippen LogP contribution is -2.48. The van der Waals surface area contributed by atoms with Gasteiger partial charge in [0.1, 0.15) is 5.65 Å². The van der Waals surface area contributed by atoms with Gasteiger partial charge in [0, 0.05) is 49.6 Å². The van der Waals surface area contributed by atoms with E-state index in [4.69, 9.17) is 0 Å². The topological polar surface area (TPSA) is 40.9 Å². The molecule has 27 heavy (non-hydrogen) atoms. The molecule has 1 saturated heterocycles. The molecule has 1 aliphatic heterocycles. The molecule has 0 unspecified atom stereocenters. The normalized spacial score (nSPS) is 15.4.